The van der Waals surface area contributed by atoms with Gasteiger partial charge in [0, 0.05) is 41.4 Å². The largest absolute Gasteiger partial charge is 0.412 e. The highest BCUT2D eigenvalue weighted by Crippen LogP contribution is 2.38. The molecule has 0 unspecified atom stereocenters. The average Bonchev–Trinajstić information content (AvgIpc) is 2.95. The van der Waals surface area contributed by atoms with Crippen LogP contribution in [-0.4, -0.2) is 27.1 Å². The Hall–Kier alpha value is -2.11. The monoisotopic (exact) mass is 391 g/mol. The van der Waals surface area contributed by atoms with Gasteiger partial charge in [-0.25, -0.2) is 4.39 Å². The standard InChI is InChI=1S/C21H24FN3.ClH.H2O/c1-14-11-19-20(23-14)12-24(18-9-7-17(22)8-10-18)13-21(19)25-15(2)5-4-6-16(25)3;;/h7-13,15-16H,4-6H2,1-3H3;1H;1H2/t15-,16+;;. The van der Waals surface area contributed by atoms with Crippen molar-refractivity contribution in [1.29, 1.82) is 0 Å². The van der Waals surface area contributed by atoms with Crippen molar-refractivity contribution in [3.63, 3.8) is 0 Å². The number of fused-ring (bicyclic) bond motifs is 1. The minimum Gasteiger partial charge on any atom is -0.412 e. The minimum absolute atomic E-state index is 0. The van der Waals surface area contributed by atoms with Crippen LogP contribution in [-0.2, 0) is 0 Å². The molecule has 1 saturated heterocycles. The number of anilines is 1. The van der Waals surface area contributed by atoms with Gasteiger partial charge in [-0.1, -0.05) is 0 Å². The van der Waals surface area contributed by atoms with Crippen molar-refractivity contribution in [3.8, 4) is 16.9 Å². The van der Waals surface area contributed by atoms with Crippen molar-refractivity contribution in [1.82, 2.24) is 9.55 Å². The van der Waals surface area contributed by atoms with E-state index in [1.807, 2.05) is 25.3 Å². The zero-order valence-electron chi connectivity index (χ0n) is 15.9. The zero-order chi connectivity index (χ0) is 17.6. The van der Waals surface area contributed by atoms with E-state index in [1.165, 1.54) is 42.6 Å². The van der Waals surface area contributed by atoms with Crippen molar-refractivity contribution in [2.45, 2.75) is 52.1 Å². The molecule has 27 heavy (non-hydrogen) atoms. The summed E-state index contributed by atoms with van der Waals surface area (Å²) in [5, 5.41) is 0. The Labute approximate surface area is 166 Å². The fraction of sp³-hybridized carbons (Fsp3) is 0.381. The van der Waals surface area contributed by atoms with Crippen molar-refractivity contribution in [2.75, 3.05) is 4.90 Å². The smallest absolute Gasteiger partial charge is 0.123 e. The molecule has 4 rings (SSSR count). The van der Waals surface area contributed by atoms with Crippen molar-refractivity contribution < 1.29 is 9.87 Å². The lowest BCUT2D eigenvalue weighted by atomic mass is 9.95. The Morgan fingerprint density at radius 2 is 1.67 bits per heavy atom. The fourth-order valence-electron chi connectivity index (χ4n) is 4.10. The summed E-state index contributed by atoms with van der Waals surface area (Å²) in [6, 6.07) is 9.81. The molecule has 1 fully saturated rings. The number of piperidine rings is 1. The maximum atomic E-state index is 13.3. The van der Waals surface area contributed by atoms with Gasteiger partial charge in [-0.3, -0.25) is 4.98 Å². The molecule has 1 aromatic carbocycles. The summed E-state index contributed by atoms with van der Waals surface area (Å²) < 4.78 is 15.4. The number of aryl methyl sites for hydroxylation is 1. The average molecular weight is 392 g/mol. The SMILES string of the molecule is Cc1cc2c(N3[C@H](C)CCC[C@@H]3C)cn(-c3ccc(F)cc3)cc-2n1.Cl.O. The van der Waals surface area contributed by atoms with E-state index in [9.17, 15) is 4.39 Å². The van der Waals surface area contributed by atoms with Crippen LogP contribution in [0.15, 0.2) is 42.7 Å². The fourth-order valence-corrected chi connectivity index (χ4v) is 4.10. The summed E-state index contributed by atoms with van der Waals surface area (Å²) in [6.45, 7) is 6.65. The first-order valence-electron chi connectivity index (χ1n) is 9.06. The number of pyridine rings is 1. The van der Waals surface area contributed by atoms with Gasteiger partial charge in [-0.15, -0.1) is 12.4 Å². The summed E-state index contributed by atoms with van der Waals surface area (Å²) in [6.07, 6.45) is 7.92. The highest BCUT2D eigenvalue weighted by molar-refractivity contribution is 5.85. The Bertz CT molecular complexity index is 855. The van der Waals surface area contributed by atoms with E-state index >= 15 is 0 Å². The molecule has 146 valence electrons. The molecule has 0 amide bonds. The molecule has 3 heterocycles. The topological polar surface area (TPSA) is 52.6 Å². The normalized spacial score (nSPS) is 19.5. The second-order valence-corrected chi connectivity index (χ2v) is 7.26. The summed E-state index contributed by atoms with van der Waals surface area (Å²) in [4.78, 5) is 7.24. The van der Waals surface area contributed by atoms with Crippen molar-refractivity contribution in [2.24, 2.45) is 0 Å². The van der Waals surface area contributed by atoms with Crippen LogP contribution in [0.25, 0.3) is 16.9 Å². The zero-order valence-corrected chi connectivity index (χ0v) is 16.8. The first kappa shape index (κ1) is 21.2. The van der Waals surface area contributed by atoms with Gasteiger partial charge >= 0.3 is 0 Å². The maximum Gasteiger partial charge on any atom is 0.123 e. The summed E-state index contributed by atoms with van der Waals surface area (Å²) in [7, 11) is 0. The van der Waals surface area contributed by atoms with E-state index in [0.717, 1.165) is 17.1 Å². The van der Waals surface area contributed by atoms with Gasteiger partial charge in [-0.05, 0) is 70.4 Å². The van der Waals surface area contributed by atoms with E-state index in [1.54, 1.807) is 0 Å². The molecule has 0 radical (unpaired) electrons. The molecular formula is C21H27ClFN3O. The van der Waals surface area contributed by atoms with E-state index in [2.05, 4.69) is 35.6 Å². The van der Waals surface area contributed by atoms with E-state index in [4.69, 9.17) is 4.98 Å². The van der Waals surface area contributed by atoms with Crippen LogP contribution in [0.4, 0.5) is 10.1 Å². The minimum atomic E-state index is -0.216. The number of benzene rings is 1. The van der Waals surface area contributed by atoms with Crippen LogP contribution in [0.3, 0.4) is 0 Å². The highest BCUT2D eigenvalue weighted by Gasteiger charge is 2.28. The molecule has 0 bridgehead atoms. The molecule has 6 heteroatoms. The first-order valence-corrected chi connectivity index (χ1v) is 9.06. The quantitative estimate of drug-likeness (QED) is 0.630. The lowest BCUT2D eigenvalue weighted by molar-refractivity contribution is 0.414. The van der Waals surface area contributed by atoms with Crippen LogP contribution >= 0.6 is 12.4 Å². The second-order valence-electron chi connectivity index (χ2n) is 7.26. The number of aromatic nitrogens is 2. The van der Waals surface area contributed by atoms with Gasteiger partial charge in [0.2, 0.25) is 0 Å². The van der Waals surface area contributed by atoms with Gasteiger partial charge in [0.05, 0.1) is 11.4 Å². The molecule has 0 spiro atoms. The van der Waals surface area contributed by atoms with Crippen molar-refractivity contribution in [3.05, 3.63) is 54.2 Å². The van der Waals surface area contributed by atoms with E-state index in [0.29, 0.717) is 12.1 Å². The van der Waals surface area contributed by atoms with Gasteiger partial charge in [-0.2, -0.15) is 0 Å². The predicted octanol–water partition coefficient (Wildman–Crippen LogP) is 4.79. The first-order chi connectivity index (χ1) is 12.0. The highest BCUT2D eigenvalue weighted by atomic mass is 35.5. The number of rotatable bonds is 2. The molecule has 3 aliphatic rings. The molecule has 0 aliphatic carbocycles. The molecule has 1 aromatic rings. The van der Waals surface area contributed by atoms with Crippen LogP contribution in [0.2, 0.25) is 0 Å². The van der Waals surface area contributed by atoms with Crippen LogP contribution in [0.5, 0.6) is 0 Å². The molecule has 2 atom stereocenters. The third kappa shape index (κ3) is 3.94. The van der Waals surface area contributed by atoms with Crippen LogP contribution < -0.4 is 4.90 Å². The lowest BCUT2D eigenvalue weighted by Gasteiger charge is -2.42. The lowest BCUT2D eigenvalue weighted by Crippen LogP contribution is -2.44. The van der Waals surface area contributed by atoms with E-state index < -0.39 is 0 Å². The molecule has 0 saturated carbocycles. The Balaban J connectivity index is 0.00000131. The Kier molecular flexibility index (Phi) is 6.50. The van der Waals surface area contributed by atoms with Crippen LogP contribution in [0.1, 0.15) is 38.8 Å². The van der Waals surface area contributed by atoms with Crippen LogP contribution in [0, 0.1) is 12.7 Å². The Morgan fingerprint density at radius 1 is 1.04 bits per heavy atom. The molecule has 3 aliphatic heterocycles. The van der Waals surface area contributed by atoms with Gasteiger partial charge in [0.25, 0.3) is 0 Å². The summed E-state index contributed by atoms with van der Waals surface area (Å²) in [5.41, 5.74) is 5.40. The second kappa shape index (κ2) is 8.28. The van der Waals surface area contributed by atoms with Gasteiger partial charge in [0.1, 0.15) is 5.82 Å². The summed E-state index contributed by atoms with van der Waals surface area (Å²) >= 11 is 0. The third-order valence-corrected chi connectivity index (χ3v) is 5.32. The van der Waals surface area contributed by atoms with E-state index in [-0.39, 0.29) is 23.7 Å². The Morgan fingerprint density at radius 3 is 2.30 bits per heavy atom. The number of nitrogens with zero attached hydrogens (tertiary/aromatic N) is 3. The molecule has 4 nitrogen and oxygen atoms in total. The van der Waals surface area contributed by atoms with Gasteiger partial charge in [0.15, 0.2) is 0 Å². The van der Waals surface area contributed by atoms with Crippen molar-refractivity contribution >= 4 is 18.1 Å². The van der Waals surface area contributed by atoms with Gasteiger partial charge < -0.3 is 14.9 Å². The predicted molar refractivity (Wildman–Crippen MR) is 111 cm³/mol. The molecule has 0 aromatic heterocycles. The number of hydrogen-bond acceptors (Lipinski definition) is 2. The summed E-state index contributed by atoms with van der Waals surface area (Å²) in [5.74, 6) is -0.216. The number of halogens is 2. The maximum absolute atomic E-state index is 13.3. The molecular weight excluding hydrogens is 365 g/mol. The number of hydrogen-bond donors (Lipinski definition) is 0. The third-order valence-electron chi connectivity index (χ3n) is 5.32. The molecule has 2 N–H and O–H groups in total.